The molecule has 0 unspecified atom stereocenters. The van der Waals surface area contributed by atoms with Crippen LogP contribution in [0.2, 0.25) is 10.0 Å². The summed E-state index contributed by atoms with van der Waals surface area (Å²) < 4.78 is 5.05. The van der Waals surface area contributed by atoms with Crippen LogP contribution >= 0.6 is 46.8 Å². The zero-order valence-electron chi connectivity index (χ0n) is 15.6. The van der Waals surface area contributed by atoms with E-state index in [2.05, 4.69) is 10.6 Å². The number of thiocarbonyl (C=S) groups is 1. The van der Waals surface area contributed by atoms with Gasteiger partial charge in [-0.3, -0.25) is 0 Å². The topological polar surface area (TPSA) is 50.4 Å². The Kier molecular flexibility index (Phi) is 7.57. The molecular weight excluding hydrogens is 435 g/mol. The fourth-order valence-corrected chi connectivity index (χ4v) is 5.15. The number of anilines is 1. The Hall–Kier alpha value is -1.34. The molecular formula is C20H22Cl2N2O2S2. The number of nitrogens with one attached hydrogen (secondary N) is 2. The lowest BCUT2D eigenvalue weighted by atomic mass is 9.96. The van der Waals surface area contributed by atoms with Gasteiger partial charge in [0.25, 0.3) is 0 Å². The fourth-order valence-electron chi connectivity index (χ4n) is 3.30. The van der Waals surface area contributed by atoms with Gasteiger partial charge >= 0.3 is 5.97 Å². The van der Waals surface area contributed by atoms with Gasteiger partial charge in [0, 0.05) is 11.4 Å². The van der Waals surface area contributed by atoms with Crippen molar-refractivity contribution >= 4 is 62.8 Å². The lowest BCUT2D eigenvalue weighted by Gasteiger charge is -2.12. The van der Waals surface area contributed by atoms with E-state index in [1.54, 1.807) is 23.5 Å². The number of thiophene rings is 1. The van der Waals surface area contributed by atoms with Crippen molar-refractivity contribution in [2.45, 2.75) is 45.1 Å². The summed E-state index contributed by atoms with van der Waals surface area (Å²) in [6.45, 7) is 0.501. The Balaban J connectivity index is 1.74. The summed E-state index contributed by atoms with van der Waals surface area (Å²) in [6.07, 6.45) is 6.57. The minimum atomic E-state index is -0.312. The van der Waals surface area contributed by atoms with Crippen LogP contribution in [0.1, 0.15) is 52.0 Å². The number of halogens is 2. The predicted molar refractivity (Wildman–Crippen MR) is 121 cm³/mol. The molecule has 3 rings (SSSR count). The Labute approximate surface area is 184 Å². The monoisotopic (exact) mass is 456 g/mol. The number of carbonyl (C=O) groups is 1. The molecule has 1 aromatic carbocycles. The standard InChI is InChI=1S/C20H22Cl2N2O2S2/c1-26-19(25)17-13-6-4-2-3-5-7-16(13)28-18(17)24-20(27)23-11-12-8-9-14(21)15(22)10-12/h8-10H,2-7,11H2,1H3,(H2,23,24,27). The summed E-state index contributed by atoms with van der Waals surface area (Å²) in [6, 6.07) is 5.45. The molecule has 0 fully saturated rings. The molecule has 28 heavy (non-hydrogen) atoms. The number of hydrogen-bond acceptors (Lipinski definition) is 4. The van der Waals surface area contributed by atoms with Crippen molar-refractivity contribution in [2.75, 3.05) is 12.4 Å². The molecule has 0 bridgehead atoms. The van der Waals surface area contributed by atoms with Crippen molar-refractivity contribution in [3.8, 4) is 0 Å². The van der Waals surface area contributed by atoms with E-state index in [1.165, 1.54) is 24.8 Å². The Morgan fingerprint density at radius 3 is 2.64 bits per heavy atom. The van der Waals surface area contributed by atoms with E-state index in [1.807, 2.05) is 6.07 Å². The highest BCUT2D eigenvalue weighted by atomic mass is 35.5. The summed E-state index contributed by atoms with van der Waals surface area (Å²) in [5, 5.41) is 8.58. The van der Waals surface area contributed by atoms with Crippen molar-refractivity contribution in [3.05, 3.63) is 49.8 Å². The van der Waals surface area contributed by atoms with Gasteiger partial charge in [0.2, 0.25) is 0 Å². The first-order valence-electron chi connectivity index (χ1n) is 9.21. The molecule has 0 radical (unpaired) electrons. The fraction of sp³-hybridized carbons (Fsp3) is 0.400. The molecule has 0 saturated carbocycles. The number of methoxy groups -OCH3 is 1. The maximum atomic E-state index is 12.4. The molecule has 8 heteroatoms. The third-order valence-electron chi connectivity index (χ3n) is 4.72. The number of carbonyl (C=O) groups excluding carboxylic acids is 1. The summed E-state index contributed by atoms with van der Waals surface area (Å²) >= 11 is 19.1. The van der Waals surface area contributed by atoms with E-state index < -0.39 is 0 Å². The third kappa shape index (κ3) is 5.17. The molecule has 1 heterocycles. The summed E-state index contributed by atoms with van der Waals surface area (Å²) in [7, 11) is 1.42. The van der Waals surface area contributed by atoms with Crippen LogP contribution in [0.15, 0.2) is 18.2 Å². The van der Waals surface area contributed by atoms with Gasteiger partial charge in [-0.05, 0) is 61.2 Å². The van der Waals surface area contributed by atoms with Crippen LogP contribution in [-0.4, -0.2) is 18.2 Å². The Bertz CT molecular complexity index is 883. The molecule has 2 N–H and O–H groups in total. The second-order valence-electron chi connectivity index (χ2n) is 6.67. The molecule has 1 aliphatic carbocycles. The lowest BCUT2D eigenvalue weighted by Crippen LogP contribution is -2.28. The van der Waals surface area contributed by atoms with E-state index in [4.69, 9.17) is 40.2 Å². The zero-order chi connectivity index (χ0) is 20.1. The largest absolute Gasteiger partial charge is 0.465 e. The van der Waals surface area contributed by atoms with E-state index in [9.17, 15) is 4.79 Å². The van der Waals surface area contributed by atoms with Crippen molar-refractivity contribution < 1.29 is 9.53 Å². The number of hydrogen-bond donors (Lipinski definition) is 2. The lowest BCUT2D eigenvalue weighted by molar-refractivity contribution is 0.0601. The van der Waals surface area contributed by atoms with Crippen molar-refractivity contribution in [3.63, 3.8) is 0 Å². The molecule has 0 spiro atoms. The molecule has 2 aromatic rings. The van der Waals surface area contributed by atoms with Gasteiger partial charge in [0.15, 0.2) is 5.11 Å². The highest BCUT2D eigenvalue weighted by Gasteiger charge is 2.25. The first kappa shape index (κ1) is 21.4. The number of esters is 1. The van der Waals surface area contributed by atoms with E-state index in [-0.39, 0.29) is 5.97 Å². The van der Waals surface area contributed by atoms with Crippen LogP contribution in [0, 0.1) is 0 Å². The molecule has 0 saturated heterocycles. The molecule has 150 valence electrons. The van der Waals surface area contributed by atoms with Gasteiger partial charge in [-0.1, -0.05) is 42.1 Å². The zero-order valence-corrected chi connectivity index (χ0v) is 18.7. The van der Waals surface area contributed by atoms with Crippen LogP contribution in [-0.2, 0) is 24.1 Å². The average molecular weight is 457 g/mol. The van der Waals surface area contributed by atoms with Crippen molar-refractivity contribution in [1.29, 1.82) is 0 Å². The van der Waals surface area contributed by atoms with E-state index in [0.29, 0.717) is 27.3 Å². The Morgan fingerprint density at radius 1 is 1.18 bits per heavy atom. The number of aryl methyl sites for hydroxylation is 1. The van der Waals surface area contributed by atoms with Gasteiger partial charge in [-0.25, -0.2) is 4.79 Å². The number of benzene rings is 1. The number of fused-ring (bicyclic) bond motifs is 1. The van der Waals surface area contributed by atoms with Crippen LogP contribution in [0.4, 0.5) is 5.00 Å². The summed E-state index contributed by atoms with van der Waals surface area (Å²) in [5.41, 5.74) is 2.71. The van der Waals surface area contributed by atoms with Gasteiger partial charge in [0.05, 0.1) is 22.7 Å². The van der Waals surface area contributed by atoms with E-state index in [0.717, 1.165) is 41.8 Å². The molecule has 4 nitrogen and oxygen atoms in total. The summed E-state index contributed by atoms with van der Waals surface area (Å²) in [4.78, 5) is 13.7. The molecule has 0 amide bonds. The quantitative estimate of drug-likeness (QED) is 0.437. The maximum Gasteiger partial charge on any atom is 0.341 e. The van der Waals surface area contributed by atoms with Gasteiger partial charge in [-0.15, -0.1) is 11.3 Å². The second kappa shape index (κ2) is 9.92. The van der Waals surface area contributed by atoms with Crippen LogP contribution in [0.3, 0.4) is 0 Å². The van der Waals surface area contributed by atoms with Crippen molar-refractivity contribution in [1.82, 2.24) is 5.32 Å². The molecule has 0 atom stereocenters. The molecule has 1 aromatic heterocycles. The highest BCUT2D eigenvalue weighted by molar-refractivity contribution is 7.80. The maximum absolute atomic E-state index is 12.4. The third-order valence-corrected chi connectivity index (χ3v) is 6.92. The smallest absolute Gasteiger partial charge is 0.341 e. The van der Waals surface area contributed by atoms with Gasteiger partial charge < -0.3 is 15.4 Å². The minimum absolute atomic E-state index is 0.312. The number of rotatable bonds is 4. The second-order valence-corrected chi connectivity index (χ2v) is 9.00. The first-order chi connectivity index (χ1) is 13.5. The first-order valence-corrected chi connectivity index (χ1v) is 11.2. The van der Waals surface area contributed by atoms with Gasteiger partial charge in [0.1, 0.15) is 5.00 Å². The minimum Gasteiger partial charge on any atom is -0.465 e. The predicted octanol–water partition coefficient (Wildman–Crippen LogP) is 5.99. The average Bonchev–Trinajstić information content (AvgIpc) is 2.98. The SMILES string of the molecule is COC(=O)c1c(NC(=S)NCc2ccc(Cl)c(Cl)c2)sc2c1CCCCCC2. The normalized spacial score (nSPS) is 13.8. The van der Waals surface area contributed by atoms with Crippen LogP contribution < -0.4 is 10.6 Å². The van der Waals surface area contributed by atoms with E-state index >= 15 is 0 Å². The van der Waals surface area contributed by atoms with Crippen molar-refractivity contribution in [2.24, 2.45) is 0 Å². The Morgan fingerprint density at radius 2 is 1.93 bits per heavy atom. The van der Waals surface area contributed by atoms with Crippen LogP contribution in [0.5, 0.6) is 0 Å². The molecule has 0 aliphatic heterocycles. The molecule has 1 aliphatic rings. The van der Waals surface area contributed by atoms with Gasteiger partial charge in [-0.2, -0.15) is 0 Å². The van der Waals surface area contributed by atoms with Crippen LogP contribution in [0.25, 0.3) is 0 Å². The number of ether oxygens (including phenoxy) is 1. The highest BCUT2D eigenvalue weighted by Crippen LogP contribution is 2.37. The summed E-state index contributed by atoms with van der Waals surface area (Å²) in [5.74, 6) is -0.312.